The number of nitrogens with zero attached hydrogens (tertiary/aromatic N) is 1. The molecule has 0 heterocycles. The van der Waals surface area contributed by atoms with E-state index < -0.39 is 10.0 Å². The average Bonchev–Trinajstić information content (AvgIpc) is 2.46. The molecule has 0 amide bonds. The van der Waals surface area contributed by atoms with Gasteiger partial charge in [-0.2, -0.15) is 4.31 Å². The largest absolute Gasteiger partial charge is 0.399 e. The average molecular weight is 290 g/mol. The predicted molar refractivity (Wildman–Crippen MR) is 80.7 cm³/mol. The summed E-state index contributed by atoms with van der Waals surface area (Å²) < 4.78 is 26.5. The van der Waals surface area contributed by atoms with Crippen LogP contribution in [-0.2, 0) is 10.0 Å². The first-order chi connectivity index (χ1) is 9.43. The monoisotopic (exact) mass is 290 g/mol. The highest BCUT2D eigenvalue weighted by Gasteiger charge is 2.26. The number of sulfonamides is 1. The standard InChI is InChI=1S/C15H18N2O2S/c1-12(13-7-4-3-5-8-13)17(2)20(18,19)15-10-6-9-14(16)11-15/h3-12H,16H2,1-2H3. The molecule has 20 heavy (non-hydrogen) atoms. The van der Waals surface area contributed by atoms with E-state index in [-0.39, 0.29) is 10.9 Å². The molecule has 0 fully saturated rings. The Kier molecular flexibility index (Phi) is 4.11. The molecule has 0 saturated carbocycles. The molecule has 0 aliphatic heterocycles. The van der Waals surface area contributed by atoms with Crippen molar-refractivity contribution in [3.05, 3.63) is 60.2 Å². The molecule has 2 aromatic carbocycles. The van der Waals surface area contributed by atoms with Gasteiger partial charge in [-0.1, -0.05) is 36.4 Å². The molecular weight excluding hydrogens is 272 g/mol. The first-order valence-corrected chi connectivity index (χ1v) is 7.75. The fourth-order valence-electron chi connectivity index (χ4n) is 1.99. The lowest BCUT2D eigenvalue weighted by molar-refractivity contribution is 0.398. The van der Waals surface area contributed by atoms with E-state index in [1.54, 1.807) is 25.2 Å². The fraction of sp³-hybridized carbons (Fsp3) is 0.200. The maximum absolute atomic E-state index is 12.6. The SMILES string of the molecule is CC(c1ccccc1)N(C)S(=O)(=O)c1cccc(N)c1. The Balaban J connectivity index is 2.35. The second-order valence-corrected chi connectivity index (χ2v) is 6.68. The molecule has 5 heteroatoms. The highest BCUT2D eigenvalue weighted by molar-refractivity contribution is 7.89. The topological polar surface area (TPSA) is 63.4 Å². The molecule has 0 aromatic heterocycles. The molecule has 0 bridgehead atoms. The number of rotatable bonds is 4. The first kappa shape index (κ1) is 14.6. The van der Waals surface area contributed by atoms with Gasteiger partial charge in [0.1, 0.15) is 0 Å². The fourth-order valence-corrected chi connectivity index (χ4v) is 3.40. The molecule has 2 rings (SSSR count). The van der Waals surface area contributed by atoms with Crippen LogP contribution in [-0.4, -0.2) is 19.8 Å². The van der Waals surface area contributed by atoms with Crippen molar-refractivity contribution in [2.45, 2.75) is 17.9 Å². The Labute approximate surface area is 119 Å². The normalized spacial score (nSPS) is 13.3. The lowest BCUT2D eigenvalue weighted by Gasteiger charge is -2.24. The number of hydrogen-bond donors (Lipinski definition) is 1. The molecule has 1 atom stereocenters. The maximum atomic E-state index is 12.6. The summed E-state index contributed by atoms with van der Waals surface area (Å²) in [6, 6.07) is 15.6. The number of nitrogen functional groups attached to an aromatic ring is 1. The molecule has 0 aliphatic rings. The predicted octanol–water partition coefficient (Wildman–Crippen LogP) is 2.65. The quantitative estimate of drug-likeness (QED) is 0.880. The van der Waals surface area contributed by atoms with Gasteiger partial charge >= 0.3 is 0 Å². The van der Waals surface area contributed by atoms with Crippen LogP contribution in [0.2, 0.25) is 0 Å². The summed E-state index contributed by atoms with van der Waals surface area (Å²) in [5.41, 5.74) is 7.04. The van der Waals surface area contributed by atoms with Crippen molar-refractivity contribution >= 4 is 15.7 Å². The van der Waals surface area contributed by atoms with Gasteiger partial charge in [-0.15, -0.1) is 0 Å². The lowest BCUT2D eigenvalue weighted by Crippen LogP contribution is -2.29. The maximum Gasteiger partial charge on any atom is 0.243 e. The van der Waals surface area contributed by atoms with E-state index in [1.165, 1.54) is 10.4 Å². The summed E-state index contributed by atoms with van der Waals surface area (Å²) in [4.78, 5) is 0.211. The highest BCUT2D eigenvalue weighted by Crippen LogP contribution is 2.26. The third-order valence-corrected chi connectivity index (χ3v) is 5.29. The van der Waals surface area contributed by atoms with Crippen molar-refractivity contribution in [1.82, 2.24) is 4.31 Å². The smallest absolute Gasteiger partial charge is 0.243 e. The van der Waals surface area contributed by atoms with E-state index in [0.29, 0.717) is 5.69 Å². The van der Waals surface area contributed by atoms with Gasteiger partial charge in [-0.25, -0.2) is 8.42 Å². The Hall–Kier alpha value is -1.85. The number of hydrogen-bond acceptors (Lipinski definition) is 3. The van der Waals surface area contributed by atoms with Crippen LogP contribution < -0.4 is 5.73 Å². The summed E-state index contributed by atoms with van der Waals surface area (Å²) in [5.74, 6) is 0. The van der Waals surface area contributed by atoms with Gasteiger partial charge in [0, 0.05) is 18.8 Å². The van der Waals surface area contributed by atoms with E-state index in [4.69, 9.17) is 5.73 Å². The third-order valence-electron chi connectivity index (χ3n) is 3.36. The zero-order chi connectivity index (χ0) is 14.8. The third kappa shape index (κ3) is 2.84. The van der Waals surface area contributed by atoms with Gasteiger partial charge in [0.05, 0.1) is 4.90 Å². The summed E-state index contributed by atoms with van der Waals surface area (Å²) in [6.07, 6.45) is 0. The van der Waals surface area contributed by atoms with E-state index in [9.17, 15) is 8.42 Å². The number of benzene rings is 2. The van der Waals surface area contributed by atoms with E-state index >= 15 is 0 Å². The van der Waals surface area contributed by atoms with Gasteiger partial charge in [0.25, 0.3) is 0 Å². The van der Waals surface area contributed by atoms with Crippen molar-refractivity contribution in [3.63, 3.8) is 0 Å². The van der Waals surface area contributed by atoms with Gasteiger partial charge in [0.15, 0.2) is 0 Å². The molecule has 0 saturated heterocycles. The van der Waals surface area contributed by atoms with Crippen LogP contribution in [0.1, 0.15) is 18.5 Å². The Morgan fingerprint density at radius 2 is 1.70 bits per heavy atom. The minimum atomic E-state index is -3.56. The van der Waals surface area contributed by atoms with Gasteiger partial charge in [0.2, 0.25) is 10.0 Å². The Bertz CT molecular complexity index is 684. The molecule has 1 unspecified atom stereocenters. The summed E-state index contributed by atoms with van der Waals surface area (Å²) in [6.45, 7) is 1.86. The highest BCUT2D eigenvalue weighted by atomic mass is 32.2. The van der Waals surface area contributed by atoms with Crippen molar-refractivity contribution in [1.29, 1.82) is 0 Å². The van der Waals surface area contributed by atoms with Gasteiger partial charge in [-0.05, 0) is 30.7 Å². The van der Waals surface area contributed by atoms with Crippen LogP contribution in [0.5, 0.6) is 0 Å². The number of anilines is 1. The van der Waals surface area contributed by atoms with E-state index in [0.717, 1.165) is 5.56 Å². The number of nitrogens with two attached hydrogens (primary N) is 1. The molecule has 2 aromatic rings. The van der Waals surface area contributed by atoms with Crippen LogP contribution in [0.4, 0.5) is 5.69 Å². The van der Waals surface area contributed by atoms with Crippen LogP contribution >= 0.6 is 0 Å². The lowest BCUT2D eigenvalue weighted by atomic mass is 10.1. The van der Waals surface area contributed by atoms with Crippen LogP contribution in [0, 0.1) is 0 Å². The van der Waals surface area contributed by atoms with Crippen molar-refractivity contribution in [2.75, 3.05) is 12.8 Å². The molecular formula is C15H18N2O2S. The molecule has 2 N–H and O–H groups in total. The minimum absolute atomic E-state index is 0.211. The van der Waals surface area contributed by atoms with Crippen LogP contribution in [0.25, 0.3) is 0 Å². The van der Waals surface area contributed by atoms with E-state index in [1.807, 2.05) is 37.3 Å². The first-order valence-electron chi connectivity index (χ1n) is 6.31. The van der Waals surface area contributed by atoms with Gasteiger partial charge < -0.3 is 5.73 Å². The molecule has 0 spiro atoms. The zero-order valence-corrected chi connectivity index (χ0v) is 12.3. The molecule has 106 valence electrons. The molecule has 4 nitrogen and oxygen atoms in total. The second kappa shape index (κ2) is 5.64. The zero-order valence-electron chi connectivity index (χ0n) is 11.5. The minimum Gasteiger partial charge on any atom is -0.399 e. The van der Waals surface area contributed by atoms with Crippen molar-refractivity contribution in [2.24, 2.45) is 0 Å². The van der Waals surface area contributed by atoms with Crippen LogP contribution in [0.3, 0.4) is 0 Å². The van der Waals surface area contributed by atoms with Crippen LogP contribution in [0.15, 0.2) is 59.5 Å². The van der Waals surface area contributed by atoms with Crippen molar-refractivity contribution in [3.8, 4) is 0 Å². The van der Waals surface area contributed by atoms with E-state index in [2.05, 4.69) is 0 Å². The summed E-state index contributed by atoms with van der Waals surface area (Å²) >= 11 is 0. The molecule has 0 radical (unpaired) electrons. The summed E-state index contributed by atoms with van der Waals surface area (Å²) in [5, 5.41) is 0. The Morgan fingerprint density at radius 1 is 1.05 bits per heavy atom. The summed E-state index contributed by atoms with van der Waals surface area (Å²) in [7, 11) is -1.98. The van der Waals surface area contributed by atoms with Crippen molar-refractivity contribution < 1.29 is 8.42 Å². The second-order valence-electron chi connectivity index (χ2n) is 4.68. The van der Waals surface area contributed by atoms with Gasteiger partial charge in [-0.3, -0.25) is 0 Å². The molecule has 0 aliphatic carbocycles. The Morgan fingerprint density at radius 3 is 2.30 bits per heavy atom.